The Morgan fingerprint density at radius 1 is 1.05 bits per heavy atom. The van der Waals surface area contributed by atoms with E-state index in [0.717, 1.165) is 22.6 Å². The molecule has 0 bridgehead atoms. The minimum Gasteiger partial charge on any atom is -0.493 e. The van der Waals surface area contributed by atoms with Gasteiger partial charge in [0.1, 0.15) is 5.84 Å². The highest BCUT2D eigenvalue weighted by Gasteiger charge is 2.36. The molecule has 2 heterocycles. The van der Waals surface area contributed by atoms with Crippen molar-refractivity contribution < 1.29 is 14.3 Å². The van der Waals surface area contributed by atoms with E-state index >= 15 is 0 Å². The Labute approximate surface area is 224 Å². The number of amidine groups is 2. The van der Waals surface area contributed by atoms with Gasteiger partial charge in [0.25, 0.3) is 5.91 Å². The number of amides is 1. The number of thioether (sulfide) groups is 2. The van der Waals surface area contributed by atoms with Crippen molar-refractivity contribution >= 4 is 52.2 Å². The first kappa shape index (κ1) is 24.9. The summed E-state index contributed by atoms with van der Waals surface area (Å²) in [5.41, 5.74) is 3.98. The zero-order valence-corrected chi connectivity index (χ0v) is 22.1. The monoisotopic (exact) mass is 527 g/mol. The fourth-order valence-electron chi connectivity index (χ4n) is 3.92. The van der Waals surface area contributed by atoms with Gasteiger partial charge in [-0.15, -0.1) is 11.8 Å². The second kappa shape index (κ2) is 11.1. The zero-order valence-electron chi connectivity index (χ0n) is 20.4. The maximum atomic E-state index is 12.8. The lowest BCUT2D eigenvalue weighted by atomic mass is 10.1. The molecule has 2 aliphatic rings. The molecule has 3 aromatic rings. The molecule has 3 aromatic carbocycles. The largest absolute Gasteiger partial charge is 0.493 e. The first-order chi connectivity index (χ1) is 18.0. The van der Waals surface area contributed by atoms with Crippen LogP contribution in [0.2, 0.25) is 0 Å². The maximum Gasteiger partial charge on any atom is 0.283 e. The van der Waals surface area contributed by atoms with Gasteiger partial charge in [0.15, 0.2) is 16.7 Å². The molecule has 0 unspecified atom stereocenters. The van der Waals surface area contributed by atoms with E-state index < -0.39 is 5.91 Å². The summed E-state index contributed by atoms with van der Waals surface area (Å²) in [5, 5.41) is 11.2. The maximum absolute atomic E-state index is 12.8. The van der Waals surface area contributed by atoms with E-state index in [4.69, 9.17) is 14.9 Å². The van der Waals surface area contributed by atoms with Gasteiger partial charge in [-0.3, -0.25) is 15.1 Å². The molecule has 0 aliphatic carbocycles. The molecule has 0 fully saturated rings. The number of nitrogens with zero attached hydrogens (tertiary/aromatic N) is 2. The summed E-state index contributed by atoms with van der Waals surface area (Å²) in [4.78, 5) is 20.0. The molecule has 1 N–H and O–H groups in total. The Morgan fingerprint density at radius 2 is 1.84 bits per heavy atom. The molecule has 0 aromatic heterocycles. The normalized spacial score (nSPS) is 15.9. The standard InChI is InChI=1S/C29H25N3O3S2/c1-19-8-11-22(12-9-19)36-15-14-35-25-13-10-20(17-26(25)34-2)16-23-27(30)32-24(21-6-4-3-5-7-21)18-37-29(32)31-28(23)33/h3-13,16-18,30H,14-15H2,1-2H3. The van der Waals surface area contributed by atoms with E-state index in [0.29, 0.717) is 23.3 Å². The van der Waals surface area contributed by atoms with Crippen LogP contribution in [-0.2, 0) is 4.79 Å². The average molecular weight is 528 g/mol. The van der Waals surface area contributed by atoms with E-state index in [1.807, 2.05) is 53.9 Å². The highest BCUT2D eigenvalue weighted by molar-refractivity contribution is 8.17. The van der Waals surface area contributed by atoms with Crippen LogP contribution >= 0.6 is 23.5 Å². The molecule has 1 amide bonds. The Kier molecular flexibility index (Phi) is 7.48. The zero-order chi connectivity index (χ0) is 25.8. The first-order valence-electron chi connectivity index (χ1n) is 11.7. The summed E-state index contributed by atoms with van der Waals surface area (Å²) < 4.78 is 11.5. The molecule has 37 heavy (non-hydrogen) atoms. The van der Waals surface area contributed by atoms with E-state index in [9.17, 15) is 4.79 Å². The van der Waals surface area contributed by atoms with Gasteiger partial charge < -0.3 is 9.47 Å². The van der Waals surface area contributed by atoms with Crippen LogP contribution in [0.15, 0.2) is 93.7 Å². The van der Waals surface area contributed by atoms with Gasteiger partial charge in [-0.25, -0.2) is 0 Å². The Bertz CT molecular complexity index is 1430. The number of aryl methyl sites for hydroxylation is 1. The van der Waals surface area contributed by atoms with Crippen molar-refractivity contribution in [2.45, 2.75) is 11.8 Å². The van der Waals surface area contributed by atoms with Gasteiger partial charge in [-0.1, -0.05) is 65.9 Å². The first-order valence-corrected chi connectivity index (χ1v) is 13.6. The van der Waals surface area contributed by atoms with Crippen molar-refractivity contribution in [3.05, 3.63) is 100 Å². The fraction of sp³-hybridized carbons (Fsp3) is 0.138. The number of fused-ring (bicyclic) bond motifs is 1. The van der Waals surface area contributed by atoms with Crippen molar-refractivity contribution in [1.29, 1.82) is 5.41 Å². The number of carbonyl (C=O) groups excluding carboxylic acids is 1. The predicted molar refractivity (Wildman–Crippen MR) is 152 cm³/mol. The Morgan fingerprint density at radius 3 is 2.59 bits per heavy atom. The van der Waals surface area contributed by atoms with Crippen molar-refractivity contribution in [3.63, 3.8) is 0 Å². The van der Waals surface area contributed by atoms with Gasteiger partial charge >= 0.3 is 0 Å². The summed E-state index contributed by atoms with van der Waals surface area (Å²) in [6.07, 6.45) is 1.68. The second-order valence-electron chi connectivity index (χ2n) is 8.35. The fourth-order valence-corrected chi connectivity index (χ4v) is 5.54. The molecule has 0 saturated heterocycles. The van der Waals surface area contributed by atoms with E-state index in [1.54, 1.807) is 29.8 Å². The van der Waals surface area contributed by atoms with Gasteiger partial charge in [0.2, 0.25) is 0 Å². The molecule has 0 atom stereocenters. The molecule has 0 spiro atoms. The third-order valence-corrected chi connectivity index (χ3v) is 7.62. The summed E-state index contributed by atoms with van der Waals surface area (Å²) in [6, 6.07) is 23.7. The smallest absolute Gasteiger partial charge is 0.283 e. The Hall–Kier alpha value is -3.75. The van der Waals surface area contributed by atoms with Crippen LogP contribution in [-0.4, -0.2) is 41.3 Å². The SMILES string of the molecule is COc1cc(C=C2C(=N)N3C(c4ccccc4)=CSC3=NC2=O)ccc1OCCSc1ccc(C)cc1. The molecule has 8 heteroatoms. The molecule has 186 valence electrons. The highest BCUT2D eigenvalue weighted by atomic mass is 32.2. The van der Waals surface area contributed by atoms with Crippen molar-refractivity contribution in [2.24, 2.45) is 4.99 Å². The molecular formula is C29H25N3O3S2. The van der Waals surface area contributed by atoms with Crippen molar-refractivity contribution in [3.8, 4) is 11.5 Å². The molecule has 0 saturated carbocycles. The third kappa shape index (κ3) is 5.50. The van der Waals surface area contributed by atoms with E-state index in [2.05, 4.69) is 36.2 Å². The lowest BCUT2D eigenvalue weighted by molar-refractivity contribution is -0.114. The average Bonchev–Trinajstić information content (AvgIpc) is 3.35. The number of benzene rings is 3. The quantitative estimate of drug-likeness (QED) is 0.205. The summed E-state index contributed by atoms with van der Waals surface area (Å²) in [7, 11) is 1.59. The van der Waals surface area contributed by atoms with Crippen LogP contribution in [0.5, 0.6) is 11.5 Å². The number of nitrogens with one attached hydrogen (secondary N) is 1. The van der Waals surface area contributed by atoms with Gasteiger partial charge in [0.05, 0.1) is 25.0 Å². The number of hydrogen-bond donors (Lipinski definition) is 1. The lowest BCUT2D eigenvalue weighted by Crippen LogP contribution is -2.38. The number of ether oxygens (including phenoxy) is 2. The van der Waals surface area contributed by atoms with Crippen LogP contribution in [0.4, 0.5) is 0 Å². The molecule has 6 nitrogen and oxygen atoms in total. The van der Waals surface area contributed by atoms with Gasteiger partial charge in [-0.05, 0) is 48.4 Å². The van der Waals surface area contributed by atoms with Crippen LogP contribution in [0.25, 0.3) is 11.8 Å². The number of rotatable bonds is 8. The van der Waals surface area contributed by atoms with Crippen molar-refractivity contribution in [1.82, 2.24) is 4.90 Å². The van der Waals surface area contributed by atoms with Crippen molar-refractivity contribution in [2.75, 3.05) is 19.5 Å². The Balaban J connectivity index is 1.30. The van der Waals surface area contributed by atoms with Crippen LogP contribution in [0, 0.1) is 12.3 Å². The lowest BCUT2D eigenvalue weighted by Gasteiger charge is -2.27. The summed E-state index contributed by atoms with van der Waals surface area (Å²) >= 11 is 3.08. The van der Waals surface area contributed by atoms with Crippen LogP contribution in [0.1, 0.15) is 16.7 Å². The van der Waals surface area contributed by atoms with E-state index in [-0.39, 0.29) is 11.4 Å². The number of aliphatic imine (C=N–C) groups is 1. The van der Waals surface area contributed by atoms with Crippen LogP contribution in [0.3, 0.4) is 0 Å². The van der Waals surface area contributed by atoms with E-state index in [1.165, 1.54) is 22.2 Å². The number of hydrogen-bond acceptors (Lipinski definition) is 6. The molecule has 0 radical (unpaired) electrons. The summed E-state index contributed by atoms with van der Waals surface area (Å²) in [6.45, 7) is 2.60. The predicted octanol–water partition coefficient (Wildman–Crippen LogP) is 6.48. The van der Waals surface area contributed by atoms with Crippen LogP contribution < -0.4 is 9.47 Å². The molecular weight excluding hydrogens is 502 g/mol. The number of carbonyl (C=O) groups is 1. The third-order valence-electron chi connectivity index (χ3n) is 5.81. The van der Waals surface area contributed by atoms with Gasteiger partial charge in [-0.2, -0.15) is 4.99 Å². The molecule has 2 aliphatic heterocycles. The molecule has 5 rings (SSSR count). The minimum atomic E-state index is -0.432. The topological polar surface area (TPSA) is 75.0 Å². The summed E-state index contributed by atoms with van der Waals surface area (Å²) in [5.74, 6) is 1.66. The van der Waals surface area contributed by atoms with Gasteiger partial charge in [0, 0.05) is 16.1 Å². The number of methoxy groups -OCH3 is 1. The minimum absolute atomic E-state index is 0.0996. The highest BCUT2D eigenvalue weighted by Crippen LogP contribution is 2.37. The second-order valence-corrected chi connectivity index (χ2v) is 10.4.